The Morgan fingerprint density at radius 3 is 2.64 bits per heavy atom. The third-order valence-corrected chi connectivity index (χ3v) is 5.07. The van der Waals surface area contributed by atoms with Crippen molar-refractivity contribution in [2.24, 2.45) is 11.1 Å². The van der Waals surface area contributed by atoms with Crippen molar-refractivity contribution in [3.05, 3.63) is 28.8 Å². The molecule has 2 rings (SSSR count). The third kappa shape index (κ3) is 3.11. The van der Waals surface area contributed by atoms with Crippen LogP contribution in [0.4, 0.5) is 5.69 Å². The molecule has 3 N–H and O–H groups in total. The molecule has 1 aliphatic rings. The molecule has 124 valence electrons. The van der Waals surface area contributed by atoms with Crippen LogP contribution in [0.2, 0.25) is 5.02 Å². The Labute approximate surface area is 143 Å². The van der Waals surface area contributed by atoms with Crippen molar-refractivity contribution in [1.29, 1.82) is 0 Å². The normalized spacial score (nSPS) is 25.8. The maximum absolute atomic E-state index is 12.5. The Morgan fingerprint density at radius 1 is 1.50 bits per heavy atom. The van der Waals surface area contributed by atoms with Crippen LogP contribution in [0, 0.1) is 12.3 Å². The molecule has 0 spiro atoms. The minimum Gasteiger partial charge on any atom is -0.378 e. The average Bonchev–Trinajstić information content (AvgIpc) is 2.42. The highest BCUT2D eigenvalue weighted by atomic mass is 35.5. The summed E-state index contributed by atoms with van der Waals surface area (Å²) in [5.74, 6) is -0.191. The zero-order valence-corrected chi connectivity index (χ0v) is 15.0. The number of hydrogen-bond acceptors (Lipinski definition) is 3. The Balaban J connectivity index is 0.00000242. The molecular weight excluding hydrogens is 323 g/mol. The van der Waals surface area contributed by atoms with Crippen LogP contribution in [0.25, 0.3) is 0 Å². The van der Waals surface area contributed by atoms with Crippen LogP contribution >= 0.6 is 24.0 Å². The molecule has 1 aromatic rings. The predicted molar refractivity (Wildman–Crippen MR) is 92.8 cm³/mol. The van der Waals surface area contributed by atoms with Crippen LogP contribution in [0.3, 0.4) is 0 Å². The third-order valence-electron chi connectivity index (χ3n) is 4.66. The molecule has 1 fully saturated rings. The van der Waals surface area contributed by atoms with Gasteiger partial charge in [0, 0.05) is 29.2 Å². The molecule has 1 aromatic carbocycles. The maximum Gasteiger partial charge on any atom is 0.245 e. The SMILES string of the molecule is CCOC1CC(N)(C(=O)Nc2ccc(C)c(Cl)c2)C1(C)C.Cl. The van der Waals surface area contributed by atoms with E-state index in [1.807, 2.05) is 39.8 Å². The number of nitrogens with one attached hydrogen (secondary N) is 1. The van der Waals surface area contributed by atoms with Crippen molar-refractivity contribution >= 4 is 35.6 Å². The summed E-state index contributed by atoms with van der Waals surface area (Å²) < 4.78 is 5.64. The standard InChI is InChI=1S/C16H23ClN2O2.ClH/c1-5-21-13-9-16(18,15(13,3)4)14(20)19-11-7-6-10(2)12(17)8-11;/h6-8,13H,5,9,18H2,1-4H3,(H,19,20);1H. The summed E-state index contributed by atoms with van der Waals surface area (Å²) in [5, 5.41) is 3.49. The second-order valence-electron chi connectivity index (χ2n) is 6.26. The fraction of sp³-hybridized carbons (Fsp3) is 0.562. The summed E-state index contributed by atoms with van der Waals surface area (Å²) in [5.41, 5.74) is 6.64. The molecular formula is C16H24Cl2N2O2. The monoisotopic (exact) mass is 346 g/mol. The van der Waals surface area contributed by atoms with Crippen molar-refractivity contribution in [2.45, 2.75) is 45.8 Å². The lowest BCUT2D eigenvalue weighted by molar-refractivity contribution is -0.166. The van der Waals surface area contributed by atoms with Crippen molar-refractivity contribution < 1.29 is 9.53 Å². The number of carbonyl (C=O) groups excluding carboxylic acids is 1. The molecule has 22 heavy (non-hydrogen) atoms. The smallest absolute Gasteiger partial charge is 0.245 e. The molecule has 0 bridgehead atoms. The van der Waals surface area contributed by atoms with Gasteiger partial charge in [0.05, 0.1) is 6.10 Å². The highest BCUT2D eigenvalue weighted by molar-refractivity contribution is 6.31. The zero-order chi connectivity index (χ0) is 15.8. The van der Waals surface area contributed by atoms with Gasteiger partial charge < -0.3 is 15.8 Å². The predicted octanol–water partition coefficient (Wildman–Crippen LogP) is 3.54. The van der Waals surface area contributed by atoms with E-state index in [0.29, 0.717) is 23.7 Å². The van der Waals surface area contributed by atoms with Gasteiger partial charge in [-0.2, -0.15) is 0 Å². The Morgan fingerprint density at radius 2 is 2.14 bits per heavy atom. The first-order valence-corrected chi connectivity index (χ1v) is 7.58. The number of halogens is 2. The van der Waals surface area contributed by atoms with E-state index in [1.54, 1.807) is 6.07 Å². The molecule has 2 unspecified atom stereocenters. The Hall–Kier alpha value is -0.810. The van der Waals surface area contributed by atoms with E-state index >= 15 is 0 Å². The molecule has 0 aromatic heterocycles. The quantitative estimate of drug-likeness (QED) is 0.876. The first-order chi connectivity index (χ1) is 9.72. The van der Waals surface area contributed by atoms with Gasteiger partial charge in [0.2, 0.25) is 5.91 Å². The molecule has 0 saturated heterocycles. The van der Waals surface area contributed by atoms with E-state index in [9.17, 15) is 4.79 Å². The summed E-state index contributed by atoms with van der Waals surface area (Å²) in [6.45, 7) is 8.43. The van der Waals surface area contributed by atoms with E-state index in [-0.39, 0.29) is 24.4 Å². The van der Waals surface area contributed by atoms with Gasteiger partial charge in [0.15, 0.2) is 0 Å². The van der Waals surface area contributed by atoms with Gasteiger partial charge in [-0.1, -0.05) is 31.5 Å². The highest BCUT2D eigenvalue weighted by Crippen LogP contribution is 2.50. The number of aryl methyl sites for hydroxylation is 1. The molecule has 1 amide bonds. The van der Waals surface area contributed by atoms with Gasteiger partial charge in [0.25, 0.3) is 0 Å². The van der Waals surface area contributed by atoms with Crippen LogP contribution in [0.1, 0.15) is 32.8 Å². The highest BCUT2D eigenvalue weighted by Gasteiger charge is 2.62. The van der Waals surface area contributed by atoms with Crippen LogP contribution in [-0.4, -0.2) is 24.2 Å². The lowest BCUT2D eigenvalue weighted by Gasteiger charge is -2.57. The summed E-state index contributed by atoms with van der Waals surface area (Å²) >= 11 is 6.08. The minimum atomic E-state index is -0.926. The van der Waals surface area contributed by atoms with Crippen molar-refractivity contribution in [1.82, 2.24) is 0 Å². The molecule has 1 aliphatic carbocycles. The molecule has 4 nitrogen and oxygen atoms in total. The Kier molecular flexibility index (Phi) is 5.90. The van der Waals surface area contributed by atoms with Crippen molar-refractivity contribution in [2.75, 3.05) is 11.9 Å². The number of hydrogen-bond donors (Lipinski definition) is 2. The van der Waals surface area contributed by atoms with Crippen LogP contribution in [0.15, 0.2) is 18.2 Å². The first-order valence-electron chi connectivity index (χ1n) is 7.20. The number of carbonyl (C=O) groups is 1. The van der Waals surface area contributed by atoms with E-state index < -0.39 is 11.0 Å². The first kappa shape index (κ1) is 19.2. The summed E-state index contributed by atoms with van der Waals surface area (Å²) in [7, 11) is 0. The largest absolute Gasteiger partial charge is 0.378 e. The summed E-state index contributed by atoms with van der Waals surface area (Å²) in [4.78, 5) is 12.5. The van der Waals surface area contributed by atoms with E-state index in [2.05, 4.69) is 5.32 Å². The number of nitrogens with two attached hydrogens (primary N) is 1. The fourth-order valence-electron chi connectivity index (χ4n) is 2.73. The van der Waals surface area contributed by atoms with Gasteiger partial charge in [-0.3, -0.25) is 4.79 Å². The number of ether oxygens (including phenoxy) is 1. The van der Waals surface area contributed by atoms with Crippen molar-refractivity contribution in [3.63, 3.8) is 0 Å². The molecule has 2 atom stereocenters. The van der Waals surface area contributed by atoms with Gasteiger partial charge in [-0.25, -0.2) is 0 Å². The van der Waals surface area contributed by atoms with E-state index in [4.69, 9.17) is 22.1 Å². The number of amides is 1. The summed E-state index contributed by atoms with van der Waals surface area (Å²) in [6.07, 6.45) is 0.541. The molecule has 1 saturated carbocycles. The van der Waals surface area contributed by atoms with Crippen LogP contribution in [-0.2, 0) is 9.53 Å². The number of rotatable bonds is 4. The number of benzene rings is 1. The van der Waals surface area contributed by atoms with Crippen LogP contribution < -0.4 is 11.1 Å². The van der Waals surface area contributed by atoms with Gasteiger partial charge in [-0.05, 0) is 31.5 Å². The number of anilines is 1. The molecule has 6 heteroatoms. The van der Waals surface area contributed by atoms with Gasteiger partial charge >= 0.3 is 0 Å². The van der Waals surface area contributed by atoms with Gasteiger partial charge in [0.1, 0.15) is 5.54 Å². The molecule has 0 aliphatic heterocycles. The maximum atomic E-state index is 12.5. The second-order valence-corrected chi connectivity index (χ2v) is 6.67. The minimum absolute atomic E-state index is 0. The average molecular weight is 347 g/mol. The molecule has 0 heterocycles. The Bertz CT molecular complexity index is 563. The van der Waals surface area contributed by atoms with E-state index in [0.717, 1.165) is 5.56 Å². The molecule has 0 radical (unpaired) electrons. The fourth-order valence-corrected chi connectivity index (χ4v) is 2.91. The van der Waals surface area contributed by atoms with Gasteiger partial charge in [-0.15, -0.1) is 12.4 Å². The van der Waals surface area contributed by atoms with E-state index in [1.165, 1.54) is 0 Å². The zero-order valence-electron chi connectivity index (χ0n) is 13.4. The summed E-state index contributed by atoms with van der Waals surface area (Å²) in [6, 6.07) is 5.44. The second kappa shape index (κ2) is 6.75. The lowest BCUT2D eigenvalue weighted by Crippen LogP contribution is -2.74. The van der Waals surface area contributed by atoms with Crippen molar-refractivity contribution in [3.8, 4) is 0 Å². The topological polar surface area (TPSA) is 64.3 Å². The lowest BCUT2D eigenvalue weighted by atomic mass is 9.54. The van der Waals surface area contributed by atoms with Crippen LogP contribution in [0.5, 0.6) is 0 Å².